The second-order valence-electron chi connectivity index (χ2n) is 4.98. The highest BCUT2D eigenvalue weighted by atomic mass is 35.5. The van der Waals surface area contributed by atoms with Gasteiger partial charge in [0.1, 0.15) is 5.58 Å². The SMILES string of the molecule is CCc1cc(=O)oc2c1cc(Cl)c1oc3ccccc3c12. The molecule has 2 aromatic carbocycles. The molecule has 0 radical (unpaired) electrons. The lowest BCUT2D eigenvalue weighted by molar-refractivity contribution is 0.562. The molecular formula is C17H11ClO3. The molecule has 0 aliphatic heterocycles. The molecule has 0 amide bonds. The average molecular weight is 299 g/mol. The van der Waals surface area contributed by atoms with E-state index in [9.17, 15) is 4.79 Å². The van der Waals surface area contributed by atoms with Gasteiger partial charge in [-0.05, 0) is 24.1 Å². The topological polar surface area (TPSA) is 43.4 Å². The van der Waals surface area contributed by atoms with Crippen molar-refractivity contribution in [3.8, 4) is 0 Å². The fourth-order valence-corrected chi connectivity index (χ4v) is 3.06. The predicted molar refractivity (Wildman–Crippen MR) is 84.2 cm³/mol. The van der Waals surface area contributed by atoms with Crippen molar-refractivity contribution in [2.45, 2.75) is 13.3 Å². The second kappa shape index (κ2) is 4.37. The Hall–Kier alpha value is -2.26. The molecule has 0 aliphatic rings. The van der Waals surface area contributed by atoms with Crippen molar-refractivity contribution >= 4 is 44.5 Å². The number of furan rings is 1. The maximum Gasteiger partial charge on any atom is 0.336 e. The summed E-state index contributed by atoms with van der Waals surface area (Å²) in [5.41, 5.74) is 2.40. The Balaban J connectivity index is 2.38. The molecule has 0 unspecified atom stereocenters. The molecule has 104 valence electrons. The van der Waals surface area contributed by atoms with Gasteiger partial charge < -0.3 is 8.83 Å². The number of aryl methyl sites for hydroxylation is 1. The lowest BCUT2D eigenvalue weighted by Crippen LogP contribution is -2.00. The van der Waals surface area contributed by atoms with Crippen molar-refractivity contribution in [3.63, 3.8) is 0 Å². The van der Waals surface area contributed by atoms with Crippen molar-refractivity contribution in [1.29, 1.82) is 0 Å². The third-order valence-electron chi connectivity index (χ3n) is 3.78. The fraction of sp³-hybridized carbons (Fsp3) is 0.118. The van der Waals surface area contributed by atoms with Gasteiger partial charge in [-0.3, -0.25) is 0 Å². The average Bonchev–Trinajstić information content (AvgIpc) is 2.88. The summed E-state index contributed by atoms with van der Waals surface area (Å²) in [5.74, 6) is 0. The van der Waals surface area contributed by atoms with E-state index in [0.29, 0.717) is 16.2 Å². The Morgan fingerprint density at radius 3 is 2.67 bits per heavy atom. The first-order valence-corrected chi connectivity index (χ1v) is 7.13. The third kappa shape index (κ3) is 1.71. The molecule has 0 atom stereocenters. The lowest BCUT2D eigenvalue weighted by Gasteiger charge is -2.04. The van der Waals surface area contributed by atoms with Gasteiger partial charge in [0.25, 0.3) is 0 Å². The minimum Gasteiger partial charge on any atom is -0.454 e. The van der Waals surface area contributed by atoms with E-state index >= 15 is 0 Å². The maximum absolute atomic E-state index is 11.8. The Bertz CT molecular complexity index is 1060. The highest BCUT2D eigenvalue weighted by molar-refractivity contribution is 6.38. The van der Waals surface area contributed by atoms with Crippen LogP contribution in [0.25, 0.3) is 32.9 Å². The summed E-state index contributed by atoms with van der Waals surface area (Å²) in [6.45, 7) is 2.00. The van der Waals surface area contributed by atoms with Gasteiger partial charge in [-0.1, -0.05) is 36.7 Å². The van der Waals surface area contributed by atoms with Crippen LogP contribution >= 0.6 is 11.6 Å². The van der Waals surface area contributed by atoms with Gasteiger partial charge in [0.15, 0.2) is 11.2 Å². The van der Waals surface area contributed by atoms with Crippen LogP contribution in [0.15, 0.2) is 50.0 Å². The Morgan fingerprint density at radius 1 is 1.05 bits per heavy atom. The van der Waals surface area contributed by atoms with Crippen LogP contribution in [0.4, 0.5) is 0 Å². The molecule has 0 saturated heterocycles. The molecule has 2 aromatic heterocycles. The van der Waals surface area contributed by atoms with Crippen molar-refractivity contribution in [3.05, 3.63) is 57.4 Å². The van der Waals surface area contributed by atoms with E-state index in [1.807, 2.05) is 37.3 Å². The standard InChI is InChI=1S/C17H11ClO3/c1-2-9-7-14(19)21-16-11(9)8-12(18)17-15(16)10-5-3-4-6-13(10)20-17/h3-8H,2H2,1H3. The smallest absolute Gasteiger partial charge is 0.336 e. The first kappa shape index (κ1) is 12.5. The van der Waals surface area contributed by atoms with Crippen LogP contribution in [0.3, 0.4) is 0 Å². The molecular weight excluding hydrogens is 288 g/mol. The lowest BCUT2D eigenvalue weighted by atomic mass is 10.0. The summed E-state index contributed by atoms with van der Waals surface area (Å²) in [6.07, 6.45) is 0.736. The summed E-state index contributed by atoms with van der Waals surface area (Å²) in [6, 6.07) is 11.0. The number of benzene rings is 2. The third-order valence-corrected chi connectivity index (χ3v) is 4.06. The van der Waals surface area contributed by atoms with Crippen LogP contribution in [0.2, 0.25) is 5.02 Å². The molecule has 21 heavy (non-hydrogen) atoms. The van der Waals surface area contributed by atoms with Crippen molar-refractivity contribution < 1.29 is 8.83 Å². The normalized spacial score (nSPS) is 11.7. The predicted octanol–water partition coefficient (Wildman–Crippen LogP) is 4.91. The van der Waals surface area contributed by atoms with Gasteiger partial charge in [-0.2, -0.15) is 0 Å². The number of para-hydroxylation sites is 1. The first-order valence-electron chi connectivity index (χ1n) is 6.75. The van der Waals surface area contributed by atoms with Gasteiger partial charge in [0.05, 0.1) is 10.4 Å². The van der Waals surface area contributed by atoms with E-state index in [4.69, 9.17) is 20.4 Å². The molecule has 4 aromatic rings. The highest BCUT2D eigenvalue weighted by Crippen LogP contribution is 2.39. The first-order chi connectivity index (χ1) is 10.2. The van der Waals surface area contributed by atoms with Gasteiger partial charge in [-0.25, -0.2) is 4.79 Å². The maximum atomic E-state index is 11.8. The summed E-state index contributed by atoms with van der Waals surface area (Å²) < 4.78 is 11.3. The van der Waals surface area contributed by atoms with Crippen LogP contribution < -0.4 is 5.63 Å². The zero-order valence-electron chi connectivity index (χ0n) is 11.3. The molecule has 0 fully saturated rings. The molecule has 0 N–H and O–H groups in total. The van der Waals surface area contributed by atoms with Gasteiger partial charge >= 0.3 is 5.63 Å². The Labute approximate surface area is 124 Å². The van der Waals surface area contributed by atoms with Crippen molar-refractivity contribution in [1.82, 2.24) is 0 Å². The van der Waals surface area contributed by atoms with Crippen LogP contribution in [-0.4, -0.2) is 0 Å². The molecule has 4 heteroatoms. The van der Waals surface area contributed by atoms with E-state index in [2.05, 4.69) is 0 Å². The summed E-state index contributed by atoms with van der Waals surface area (Å²) in [7, 11) is 0. The van der Waals surface area contributed by atoms with Crippen molar-refractivity contribution in [2.75, 3.05) is 0 Å². The van der Waals surface area contributed by atoms with E-state index in [1.54, 1.807) is 0 Å². The Morgan fingerprint density at radius 2 is 1.86 bits per heavy atom. The zero-order chi connectivity index (χ0) is 14.6. The number of hydrogen-bond donors (Lipinski definition) is 0. The summed E-state index contributed by atoms with van der Waals surface area (Å²) >= 11 is 6.36. The van der Waals surface area contributed by atoms with Crippen LogP contribution in [-0.2, 0) is 6.42 Å². The number of rotatable bonds is 1. The van der Waals surface area contributed by atoms with E-state index in [1.165, 1.54) is 6.07 Å². The fourth-order valence-electron chi connectivity index (χ4n) is 2.82. The minimum atomic E-state index is -0.353. The Kier molecular flexibility index (Phi) is 2.59. The molecule has 3 nitrogen and oxygen atoms in total. The molecule has 4 rings (SSSR count). The molecule has 0 bridgehead atoms. The number of hydrogen-bond acceptors (Lipinski definition) is 3. The zero-order valence-corrected chi connectivity index (χ0v) is 12.0. The van der Waals surface area contributed by atoms with Gasteiger partial charge in [0, 0.05) is 16.8 Å². The molecule has 0 spiro atoms. The van der Waals surface area contributed by atoms with E-state index in [-0.39, 0.29) is 5.63 Å². The largest absolute Gasteiger partial charge is 0.454 e. The highest BCUT2D eigenvalue weighted by Gasteiger charge is 2.17. The molecule has 0 aliphatic carbocycles. The van der Waals surface area contributed by atoms with Crippen molar-refractivity contribution in [2.24, 2.45) is 0 Å². The van der Waals surface area contributed by atoms with E-state index < -0.39 is 0 Å². The van der Waals surface area contributed by atoms with E-state index in [0.717, 1.165) is 33.7 Å². The van der Waals surface area contributed by atoms with Crippen LogP contribution in [0.5, 0.6) is 0 Å². The van der Waals surface area contributed by atoms with Gasteiger partial charge in [0.2, 0.25) is 0 Å². The number of halogens is 1. The summed E-state index contributed by atoms with van der Waals surface area (Å²) in [5, 5.41) is 3.05. The number of fused-ring (bicyclic) bond motifs is 5. The quantitative estimate of drug-likeness (QED) is 0.469. The molecule has 0 saturated carbocycles. The van der Waals surface area contributed by atoms with Gasteiger partial charge in [-0.15, -0.1) is 0 Å². The monoisotopic (exact) mass is 298 g/mol. The minimum absolute atomic E-state index is 0.353. The molecule has 2 heterocycles. The summed E-state index contributed by atoms with van der Waals surface area (Å²) in [4.78, 5) is 11.8. The second-order valence-corrected chi connectivity index (χ2v) is 5.39. The van der Waals surface area contributed by atoms with Crippen LogP contribution in [0, 0.1) is 0 Å². The van der Waals surface area contributed by atoms with Crippen LogP contribution in [0.1, 0.15) is 12.5 Å².